The molecule has 1 atom stereocenters. The van der Waals surface area contributed by atoms with Crippen molar-refractivity contribution >= 4 is 27.5 Å². The number of hydrogen-bond acceptors (Lipinski definition) is 2. The Morgan fingerprint density at radius 1 is 1.25 bits per heavy atom. The Balaban J connectivity index is 2.02. The molecule has 0 saturated heterocycles. The fourth-order valence-electron chi connectivity index (χ4n) is 1.78. The van der Waals surface area contributed by atoms with Gasteiger partial charge in [0, 0.05) is 4.47 Å². The topological polar surface area (TPSA) is 55.1 Å². The molecule has 0 fully saturated rings. The minimum atomic E-state index is -0.726. The van der Waals surface area contributed by atoms with Crippen molar-refractivity contribution in [2.45, 2.75) is 12.5 Å². The number of halogens is 2. The average molecular weight is 337 g/mol. The number of carbonyl (C=O) groups excluding carboxylic acids is 1. The Hall–Kier alpha value is -1.72. The van der Waals surface area contributed by atoms with Crippen LogP contribution in [-0.4, -0.2) is 11.9 Å². The highest BCUT2D eigenvalue weighted by atomic mass is 79.9. The van der Waals surface area contributed by atoms with Gasteiger partial charge in [-0.3, -0.25) is 4.79 Å². The van der Waals surface area contributed by atoms with Gasteiger partial charge in [0.1, 0.15) is 5.82 Å². The molecule has 0 aromatic heterocycles. The first kappa shape index (κ1) is 14.7. The summed E-state index contributed by atoms with van der Waals surface area (Å²) in [6.07, 6.45) is 0.405. The third-order valence-corrected chi connectivity index (χ3v) is 3.31. The van der Waals surface area contributed by atoms with Gasteiger partial charge in [0.25, 0.3) is 0 Å². The van der Waals surface area contributed by atoms with Crippen LogP contribution < -0.4 is 11.1 Å². The fourth-order valence-corrected chi connectivity index (χ4v) is 2.14. The maximum Gasteiger partial charge on any atom is 0.241 e. The monoisotopic (exact) mass is 336 g/mol. The highest BCUT2D eigenvalue weighted by Crippen LogP contribution is 2.20. The van der Waals surface area contributed by atoms with Gasteiger partial charge >= 0.3 is 0 Å². The van der Waals surface area contributed by atoms with Crippen LogP contribution in [0.1, 0.15) is 5.56 Å². The van der Waals surface area contributed by atoms with E-state index in [-0.39, 0.29) is 5.69 Å². The molecule has 3 nitrogen and oxygen atoms in total. The first-order valence-corrected chi connectivity index (χ1v) is 6.91. The smallest absolute Gasteiger partial charge is 0.241 e. The lowest BCUT2D eigenvalue weighted by molar-refractivity contribution is -0.117. The zero-order valence-electron chi connectivity index (χ0n) is 10.6. The molecular formula is C15H14BrFN2O. The molecule has 2 rings (SSSR count). The molecule has 0 unspecified atom stereocenters. The largest absolute Gasteiger partial charge is 0.322 e. The van der Waals surface area contributed by atoms with Crippen molar-refractivity contribution < 1.29 is 9.18 Å². The molecule has 20 heavy (non-hydrogen) atoms. The van der Waals surface area contributed by atoms with E-state index in [1.807, 2.05) is 30.3 Å². The average Bonchev–Trinajstić information content (AvgIpc) is 2.44. The molecule has 2 aromatic carbocycles. The summed E-state index contributed by atoms with van der Waals surface area (Å²) in [4.78, 5) is 12.0. The van der Waals surface area contributed by atoms with Gasteiger partial charge in [0.05, 0.1) is 11.7 Å². The molecule has 0 bridgehead atoms. The molecule has 3 N–H and O–H groups in total. The number of rotatable bonds is 4. The van der Waals surface area contributed by atoms with Crippen molar-refractivity contribution in [1.29, 1.82) is 0 Å². The minimum Gasteiger partial charge on any atom is -0.322 e. The fraction of sp³-hybridized carbons (Fsp3) is 0.133. The van der Waals surface area contributed by atoms with Crippen molar-refractivity contribution in [3.05, 3.63) is 64.4 Å². The molecule has 2 aromatic rings. The van der Waals surface area contributed by atoms with Crippen molar-refractivity contribution in [2.24, 2.45) is 5.73 Å². The molecule has 5 heteroatoms. The van der Waals surface area contributed by atoms with Crippen LogP contribution in [0.4, 0.5) is 10.1 Å². The Bertz CT molecular complexity index is 604. The van der Waals surface area contributed by atoms with E-state index in [4.69, 9.17) is 5.73 Å². The first-order valence-electron chi connectivity index (χ1n) is 6.11. The molecule has 0 saturated carbocycles. The van der Waals surface area contributed by atoms with E-state index in [9.17, 15) is 9.18 Å². The second-order valence-electron chi connectivity index (χ2n) is 4.41. The number of anilines is 1. The predicted molar refractivity (Wildman–Crippen MR) is 80.9 cm³/mol. The molecule has 1 amide bonds. The quantitative estimate of drug-likeness (QED) is 0.901. The Kier molecular flexibility index (Phi) is 4.87. The molecule has 0 aliphatic rings. The van der Waals surface area contributed by atoms with Gasteiger partial charge in [-0.2, -0.15) is 0 Å². The maximum atomic E-state index is 13.5. The minimum absolute atomic E-state index is 0.118. The zero-order valence-corrected chi connectivity index (χ0v) is 12.2. The summed E-state index contributed by atoms with van der Waals surface area (Å²) < 4.78 is 14.2. The van der Waals surface area contributed by atoms with Crippen molar-refractivity contribution in [3.63, 3.8) is 0 Å². The molecular weight excluding hydrogens is 323 g/mol. The van der Waals surface area contributed by atoms with Crippen LogP contribution in [0.5, 0.6) is 0 Å². The number of hydrogen-bond donors (Lipinski definition) is 2. The second kappa shape index (κ2) is 6.63. The van der Waals surface area contributed by atoms with Crippen molar-refractivity contribution in [3.8, 4) is 0 Å². The number of benzene rings is 2. The van der Waals surface area contributed by atoms with Gasteiger partial charge in [-0.05, 0) is 30.2 Å². The van der Waals surface area contributed by atoms with Crippen LogP contribution in [-0.2, 0) is 11.2 Å². The Morgan fingerprint density at radius 2 is 1.95 bits per heavy atom. The number of nitrogens with two attached hydrogens (primary N) is 1. The van der Waals surface area contributed by atoms with Gasteiger partial charge in [-0.15, -0.1) is 0 Å². The molecule has 0 aliphatic heterocycles. The van der Waals surface area contributed by atoms with Gasteiger partial charge in [-0.25, -0.2) is 4.39 Å². The lowest BCUT2D eigenvalue weighted by Crippen LogP contribution is -2.37. The SMILES string of the molecule is N[C@H](Cc1ccccc1)C(=O)Nc1cc(Br)ccc1F. The summed E-state index contributed by atoms with van der Waals surface area (Å²) in [5.74, 6) is -0.903. The third kappa shape index (κ3) is 3.88. The van der Waals surface area contributed by atoms with Crippen LogP contribution in [0, 0.1) is 5.82 Å². The van der Waals surface area contributed by atoms with E-state index in [2.05, 4.69) is 21.2 Å². The highest BCUT2D eigenvalue weighted by molar-refractivity contribution is 9.10. The summed E-state index contributed by atoms with van der Waals surface area (Å²) in [6, 6.07) is 13.1. The van der Waals surface area contributed by atoms with Crippen molar-refractivity contribution in [2.75, 3.05) is 5.32 Å². The van der Waals surface area contributed by atoms with E-state index in [1.165, 1.54) is 12.1 Å². The van der Waals surface area contributed by atoms with E-state index >= 15 is 0 Å². The van der Waals surface area contributed by atoms with Crippen LogP contribution in [0.25, 0.3) is 0 Å². The Morgan fingerprint density at radius 3 is 2.65 bits per heavy atom. The first-order chi connectivity index (χ1) is 9.56. The van der Waals surface area contributed by atoms with Crippen LogP contribution in [0.15, 0.2) is 53.0 Å². The van der Waals surface area contributed by atoms with E-state index in [0.29, 0.717) is 10.9 Å². The number of amides is 1. The van der Waals surface area contributed by atoms with E-state index in [0.717, 1.165) is 5.56 Å². The third-order valence-electron chi connectivity index (χ3n) is 2.82. The van der Waals surface area contributed by atoms with E-state index in [1.54, 1.807) is 6.07 Å². The molecule has 104 valence electrons. The van der Waals surface area contributed by atoms with Crippen LogP contribution in [0.3, 0.4) is 0 Å². The van der Waals surface area contributed by atoms with Gasteiger partial charge in [0.2, 0.25) is 5.91 Å². The number of carbonyl (C=O) groups is 1. The summed E-state index contributed by atoms with van der Waals surface area (Å²) in [7, 11) is 0. The predicted octanol–water partition coefficient (Wildman–Crippen LogP) is 3.10. The molecule has 0 spiro atoms. The molecule has 0 heterocycles. The number of nitrogens with one attached hydrogen (secondary N) is 1. The Labute approximate surface area is 125 Å². The van der Waals surface area contributed by atoms with Crippen molar-refractivity contribution in [1.82, 2.24) is 0 Å². The van der Waals surface area contributed by atoms with Gasteiger partial charge in [0.15, 0.2) is 0 Å². The van der Waals surface area contributed by atoms with E-state index < -0.39 is 17.8 Å². The van der Waals surface area contributed by atoms with Gasteiger partial charge in [-0.1, -0.05) is 46.3 Å². The van der Waals surface area contributed by atoms with Crippen LogP contribution >= 0.6 is 15.9 Å². The summed E-state index contributed by atoms with van der Waals surface area (Å²) >= 11 is 3.23. The second-order valence-corrected chi connectivity index (χ2v) is 5.33. The van der Waals surface area contributed by atoms with Gasteiger partial charge < -0.3 is 11.1 Å². The lowest BCUT2D eigenvalue weighted by atomic mass is 10.1. The zero-order chi connectivity index (χ0) is 14.5. The summed E-state index contributed by atoms with van der Waals surface area (Å²) in [6.45, 7) is 0. The lowest BCUT2D eigenvalue weighted by Gasteiger charge is -2.13. The highest BCUT2D eigenvalue weighted by Gasteiger charge is 2.16. The summed E-state index contributed by atoms with van der Waals surface area (Å²) in [5, 5.41) is 2.50. The maximum absolute atomic E-state index is 13.5. The molecule has 0 aliphatic carbocycles. The normalized spacial score (nSPS) is 11.9. The summed E-state index contributed by atoms with van der Waals surface area (Å²) in [5.41, 5.74) is 6.92. The standard InChI is InChI=1S/C15H14BrFN2O/c16-11-6-7-12(17)14(9-11)19-15(20)13(18)8-10-4-2-1-3-5-10/h1-7,9,13H,8,18H2,(H,19,20)/t13-/m1/s1. The van der Waals surface area contributed by atoms with Crippen LogP contribution in [0.2, 0.25) is 0 Å². The molecule has 0 radical (unpaired) electrons.